The third-order valence-electron chi connectivity index (χ3n) is 8.67. The van der Waals surface area contributed by atoms with E-state index in [1.54, 1.807) is 39.8 Å². The molecule has 0 aliphatic heterocycles. The van der Waals surface area contributed by atoms with E-state index in [1.807, 2.05) is 0 Å². The summed E-state index contributed by atoms with van der Waals surface area (Å²) in [7, 11) is 0. The van der Waals surface area contributed by atoms with Gasteiger partial charge >= 0.3 is 5.97 Å². The van der Waals surface area contributed by atoms with Crippen molar-refractivity contribution >= 4 is 47.3 Å². The van der Waals surface area contributed by atoms with Gasteiger partial charge in [0, 0.05) is 0 Å². The molecule has 1 aromatic carbocycles. The molecule has 0 bridgehead atoms. The van der Waals surface area contributed by atoms with E-state index < -0.39 is 108 Å². The predicted octanol–water partition coefficient (Wildman–Crippen LogP) is -1.96. The Bertz CT molecular complexity index is 1480. The van der Waals surface area contributed by atoms with Gasteiger partial charge in [-0.1, -0.05) is 52.7 Å². The number of aliphatic carboxylic acids is 1. The fourth-order valence-electron chi connectivity index (χ4n) is 5.63. The smallest absolute Gasteiger partial charge is 0.305 e. The van der Waals surface area contributed by atoms with Crippen LogP contribution in [0.3, 0.4) is 0 Å². The molecule has 18 nitrogen and oxygen atoms in total. The molecule has 288 valence electrons. The summed E-state index contributed by atoms with van der Waals surface area (Å²) >= 11 is 0. The summed E-state index contributed by atoms with van der Waals surface area (Å²) in [6.07, 6.45) is 0.660. The van der Waals surface area contributed by atoms with E-state index in [0.717, 1.165) is 0 Å². The number of nitrogens with one attached hydrogen (secondary N) is 6. The molecule has 52 heavy (non-hydrogen) atoms. The van der Waals surface area contributed by atoms with Gasteiger partial charge in [0.1, 0.15) is 35.5 Å². The molecular weight excluding hydrogens is 680 g/mol. The molecule has 1 aliphatic rings. The van der Waals surface area contributed by atoms with E-state index in [9.17, 15) is 48.6 Å². The van der Waals surface area contributed by atoms with E-state index in [2.05, 4.69) is 31.9 Å². The van der Waals surface area contributed by atoms with Crippen molar-refractivity contribution < 1.29 is 48.6 Å². The Morgan fingerprint density at radius 1 is 0.750 bits per heavy atom. The van der Waals surface area contributed by atoms with Crippen LogP contribution in [-0.2, 0) is 44.8 Å². The molecule has 0 heterocycles. The first-order chi connectivity index (χ1) is 24.3. The number of phenolic OH excluding ortho intramolecular Hbond substituents is 1. The van der Waals surface area contributed by atoms with E-state index in [1.165, 1.54) is 19.1 Å². The normalized spacial score (nSPS) is 16.4. The minimum atomic E-state index is -1.66. The van der Waals surface area contributed by atoms with Gasteiger partial charge in [-0.05, 0) is 55.7 Å². The molecule has 5 atom stereocenters. The van der Waals surface area contributed by atoms with Crippen LogP contribution in [0.5, 0.6) is 5.75 Å². The Kier molecular flexibility index (Phi) is 16.0. The van der Waals surface area contributed by atoms with Crippen molar-refractivity contribution in [2.45, 2.75) is 109 Å². The highest BCUT2D eigenvalue weighted by molar-refractivity contribution is 5.99. The molecule has 0 spiro atoms. The average molecular weight is 733 g/mol. The molecule has 1 fully saturated rings. The maximum Gasteiger partial charge on any atom is 0.305 e. The van der Waals surface area contributed by atoms with E-state index >= 15 is 0 Å². The lowest BCUT2D eigenvalue weighted by atomic mass is 9.94. The highest BCUT2D eigenvalue weighted by Gasteiger charge is 2.45. The summed E-state index contributed by atoms with van der Waals surface area (Å²) < 4.78 is 0. The Hall–Kier alpha value is -5.26. The predicted molar refractivity (Wildman–Crippen MR) is 187 cm³/mol. The molecule has 0 unspecified atom stereocenters. The zero-order chi connectivity index (χ0) is 39.3. The molecule has 18 heteroatoms. The summed E-state index contributed by atoms with van der Waals surface area (Å²) in [5.74, 6) is -7.76. The van der Waals surface area contributed by atoms with Crippen LogP contribution in [0.15, 0.2) is 24.3 Å². The van der Waals surface area contributed by atoms with Crippen molar-refractivity contribution in [2.75, 3.05) is 6.54 Å². The Morgan fingerprint density at radius 2 is 1.29 bits per heavy atom. The first kappa shape index (κ1) is 42.9. The fourth-order valence-corrected chi connectivity index (χ4v) is 5.63. The number of carboxylic acids is 1. The van der Waals surface area contributed by atoms with Gasteiger partial charge in [0.25, 0.3) is 0 Å². The van der Waals surface area contributed by atoms with Crippen molar-refractivity contribution in [3.63, 3.8) is 0 Å². The molecule has 0 saturated heterocycles. The molecule has 1 aliphatic carbocycles. The number of hydrogen-bond acceptors (Lipinski definition) is 10. The number of aromatic hydroxyl groups is 1. The fraction of sp³-hybridized carbons (Fsp3) is 0.588. The van der Waals surface area contributed by atoms with Crippen molar-refractivity contribution in [3.8, 4) is 5.75 Å². The first-order valence-corrected chi connectivity index (χ1v) is 17.1. The van der Waals surface area contributed by atoms with Crippen molar-refractivity contribution in [3.05, 3.63) is 29.8 Å². The number of benzene rings is 1. The number of amides is 7. The minimum absolute atomic E-state index is 0.0528. The highest BCUT2D eigenvalue weighted by atomic mass is 16.4. The molecule has 12 N–H and O–H groups in total. The van der Waals surface area contributed by atoms with Crippen LogP contribution in [0, 0.1) is 11.8 Å². The molecule has 1 aromatic rings. The summed E-state index contributed by atoms with van der Waals surface area (Å²) in [4.78, 5) is 102. The van der Waals surface area contributed by atoms with Crippen LogP contribution in [-0.4, -0.2) is 99.8 Å². The summed E-state index contributed by atoms with van der Waals surface area (Å²) in [6, 6.07) is -0.0645. The number of primary amides is 1. The zero-order valence-electron chi connectivity index (χ0n) is 30.1. The van der Waals surface area contributed by atoms with Crippen molar-refractivity contribution in [1.82, 2.24) is 31.9 Å². The second-order valence-corrected chi connectivity index (χ2v) is 13.8. The maximum atomic E-state index is 13.8. The maximum absolute atomic E-state index is 13.8. The Balaban J connectivity index is 2.15. The van der Waals surface area contributed by atoms with Crippen LogP contribution in [0.25, 0.3) is 0 Å². The monoisotopic (exact) mass is 732 g/mol. The third kappa shape index (κ3) is 12.8. The number of rotatable bonds is 19. The van der Waals surface area contributed by atoms with Gasteiger partial charge in [-0.2, -0.15) is 0 Å². The molecule has 0 radical (unpaired) electrons. The van der Waals surface area contributed by atoms with Gasteiger partial charge in [0.15, 0.2) is 0 Å². The van der Waals surface area contributed by atoms with Gasteiger partial charge in [0.2, 0.25) is 41.4 Å². The third-order valence-corrected chi connectivity index (χ3v) is 8.67. The Labute approximate surface area is 302 Å². The number of carbonyl (C=O) groups is 8. The van der Waals surface area contributed by atoms with Crippen molar-refractivity contribution in [1.29, 1.82) is 0 Å². The summed E-state index contributed by atoms with van der Waals surface area (Å²) in [6.45, 7) is 7.47. The van der Waals surface area contributed by atoms with Gasteiger partial charge < -0.3 is 53.6 Å². The largest absolute Gasteiger partial charge is 0.508 e. The topological polar surface area (TPSA) is 301 Å². The van der Waals surface area contributed by atoms with Crippen LogP contribution in [0.2, 0.25) is 0 Å². The Morgan fingerprint density at radius 3 is 1.81 bits per heavy atom. The number of carbonyl (C=O) groups excluding carboxylic acids is 7. The summed E-state index contributed by atoms with van der Waals surface area (Å²) in [5.41, 5.74) is 10.3. The summed E-state index contributed by atoms with van der Waals surface area (Å²) in [5, 5.41) is 34.1. The van der Waals surface area contributed by atoms with Crippen LogP contribution >= 0.6 is 0 Å². The van der Waals surface area contributed by atoms with E-state index in [0.29, 0.717) is 18.4 Å². The van der Waals surface area contributed by atoms with Gasteiger partial charge in [0.05, 0.1) is 19.0 Å². The number of hydrogen-bond donors (Lipinski definition) is 10. The molecule has 0 aromatic heterocycles. The standard InChI is InChI=1S/C34H52N8O10/c1-17(2)26(31(50)37-16-24(36)44)41-32(51)27(18(3)4)40-30(49)23(15-25(45)46)39-33(52)34(12-6-7-13-34)42-28(47)19(5)38-29(48)22(35)14-20-8-10-21(43)11-9-20/h8-11,17-19,22-23,26-27,43H,6-7,12-16,35H2,1-5H3,(H2,36,44)(H,37,50)(H,38,48)(H,39,52)(H,40,49)(H,41,51)(H,42,47)(H,45,46)/t19-,22+,23+,26+,27+/m1/s1. The average Bonchev–Trinajstić information content (AvgIpc) is 3.54. The number of carboxylic acid groups (broad SMARTS) is 1. The van der Waals surface area contributed by atoms with Crippen LogP contribution in [0.4, 0.5) is 0 Å². The lowest BCUT2D eigenvalue weighted by Crippen LogP contribution is -2.64. The second-order valence-electron chi connectivity index (χ2n) is 13.8. The molecular formula is C34H52N8O10. The number of nitrogens with two attached hydrogens (primary N) is 2. The molecule has 7 amide bonds. The number of phenols is 1. The van der Waals surface area contributed by atoms with Gasteiger partial charge in [-0.15, -0.1) is 0 Å². The molecule has 2 rings (SSSR count). The van der Waals surface area contributed by atoms with Gasteiger partial charge in [-0.25, -0.2) is 0 Å². The lowest BCUT2D eigenvalue weighted by molar-refractivity contribution is -0.142. The highest BCUT2D eigenvalue weighted by Crippen LogP contribution is 2.30. The zero-order valence-corrected chi connectivity index (χ0v) is 30.1. The van der Waals surface area contributed by atoms with Crippen LogP contribution in [0.1, 0.15) is 72.3 Å². The SMILES string of the molecule is CC(C)[C@H](NC(=O)[C@H](CC(=O)O)NC(=O)C1(NC(=O)[C@@H](C)NC(=O)[C@@H](N)Cc2ccc(O)cc2)CCCC1)C(=O)N[C@H](C(=O)NCC(N)=O)C(C)C. The van der Waals surface area contributed by atoms with Gasteiger partial charge in [-0.3, -0.25) is 38.4 Å². The quantitative estimate of drug-likeness (QED) is 0.0745. The second kappa shape index (κ2) is 19.4. The molecule has 1 saturated carbocycles. The minimum Gasteiger partial charge on any atom is -0.508 e. The van der Waals surface area contributed by atoms with Crippen LogP contribution < -0.4 is 43.4 Å². The first-order valence-electron chi connectivity index (χ1n) is 17.1. The van der Waals surface area contributed by atoms with Crippen molar-refractivity contribution in [2.24, 2.45) is 23.3 Å². The van der Waals surface area contributed by atoms with E-state index in [4.69, 9.17) is 11.5 Å². The van der Waals surface area contributed by atoms with E-state index in [-0.39, 0.29) is 25.0 Å². The lowest BCUT2D eigenvalue weighted by Gasteiger charge is -2.33.